The summed E-state index contributed by atoms with van der Waals surface area (Å²) in [5, 5.41) is 0.0505. The van der Waals surface area contributed by atoms with Gasteiger partial charge < -0.3 is 0 Å². The summed E-state index contributed by atoms with van der Waals surface area (Å²) >= 11 is 5.60. The molecule has 0 atom stereocenters. The number of amides is 1. The highest BCUT2D eigenvalue weighted by atomic mass is 35.5. The Morgan fingerprint density at radius 1 is 1.62 bits per heavy atom. The molecule has 0 spiro atoms. The largest absolute Gasteiger partial charge is 0.277 e. The molecule has 1 rings (SSSR count). The van der Waals surface area contributed by atoms with E-state index in [1.807, 2.05) is 0 Å². The lowest BCUT2D eigenvalue weighted by atomic mass is 10.2. The van der Waals surface area contributed by atoms with Gasteiger partial charge in [-0.2, -0.15) is 0 Å². The number of carbonyl (C=O) groups excluding carboxylic acids is 1. The number of nitrogens with one attached hydrogen (secondary N) is 1. The third kappa shape index (κ3) is 2.40. The van der Waals surface area contributed by atoms with Crippen molar-refractivity contribution in [2.75, 3.05) is 7.11 Å². The molecule has 0 aliphatic heterocycles. The lowest BCUT2D eigenvalue weighted by molar-refractivity contribution is 0.0538. The molecule has 1 amide bonds. The van der Waals surface area contributed by atoms with E-state index >= 15 is 0 Å². The third-order valence-electron chi connectivity index (χ3n) is 1.37. The summed E-state index contributed by atoms with van der Waals surface area (Å²) in [4.78, 5) is 15.5. The molecule has 13 heavy (non-hydrogen) atoms. The van der Waals surface area contributed by atoms with Crippen LogP contribution in [-0.4, -0.2) is 13.0 Å². The van der Waals surface area contributed by atoms with Crippen LogP contribution in [0, 0.1) is 5.82 Å². The first-order chi connectivity index (χ1) is 6.15. The van der Waals surface area contributed by atoms with Crippen LogP contribution in [0.25, 0.3) is 0 Å². The Kier molecular flexibility index (Phi) is 3.22. The van der Waals surface area contributed by atoms with Crippen molar-refractivity contribution in [2.24, 2.45) is 0 Å². The summed E-state index contributed by atoms with van der Waals surface area (Å²) in [7, 11) is 1.30. The molecule has 0 radical (unpaired) electrons. The van der Waals surface area contributed by atoms with Gasteiger partial charge in [-0.25, -0.2) is 9.87 Å². The molecular weight excluding hydrogens is 197 g/mol. The second-order valence-corrected chi connectivity index (χ2v) is 2.67. The monoisotopic (exact) mass is 203 g/mol. The molecule has 1 aromatic rings. The lowest BCUT2D eigenvalue weighted by Crippen LogP contribution is -2.22. The number of hydroxylamine groups is 1. The molecule has 0 heterocycles. The number of hydrogen-bond acceptors (Lipinski definition) is 2. The van der Waals surface area contributed by atoms with Gasteiger partial charge in [-0.05, 0) is 18.2 Å². The van der Waals surface area contributed by atoms with E-state index in [4.69, 9.17) is 11.6 Å². The van der Waals surface area contributed by atoms with E-state index in [1.54, 1.807) is 0 Å². The van der Waals surface area contributed by atoms with Gasteiger partial charge in [0.15, 0.2) is 0 Å². The van der Waals surface area contributed by atoms with Crippen LogP contribution in [0.2, 0.25) is 5.02 Å². The average molecular weight is 204 g/mol. The first-order valence-electron chi connectivity index (χ1n) is 3.43. The van der Waals surface area contributed by atoms with Crippen LogP contribution in [0.4, 0.5) is 4.39 Å². The Labute approximate surface area is 79.4 Å². The summed E-state index contributed by atoms with van der Waals surface area (Å²) in [5.74, 6) is -0.994. The van der Waals surface area contributed by atoms with Crippen molar-refractivity contribution >= 4 is 17.5 Å². The molecular formula is C8H7ClFNO2. The minimum atomic E-state index is -0.507. The van der Waals surface area contributed by atoms with Crippen LogP contribution in [0.5, 0.6) is 0 Å². The van der Waals surface area contributed by atoms with Crippen molar-refractivity contribution < 1.29 is 14.0 Å². The average Bonchev–Trinajstić information content (AvgIpc) is 2.04. The fourth-order valence-electron chi connectivity index (χ4n) is 0.821. The van der Waals surface area contributed by atoms with Crippen molar-refractivity contribution in [1.29, 1.82) is 0 Å². The Hall–Kier alpha value is -1.13. The molecule has 0 aliphatic rings. The van der Waals surface area contributed by atoms with Gasteiger partial charge in [0, 0.05) is 0 Å². The Morgan fingerprint density at radius 2 is 2.31 bits per heavy atom. The first kappa shape index (κ1) is 9.95. The van der Waals surface area contributed by atoms with Gasteiger partial charge in [0.2, 0.25) is 0 Å². The van der Waals surface area contributed by atoms with Gasteiger partial charge in [0.25, 0.3) is 5.91 Å². The Bertz CT molecular complexity index is 330. The number of rotatable bonds is 2. The van der Waals surface area contributed by atoms with Crippen molar-refractivity contribution in [3.63, 3.8) is 0 Å². The highest BCUT2D eigenvalue weighted by Gasteiger charge is 2.09. The lowest BCUT2D eigenvalue weighted by Gasteiger charge is -2.03. The molecule has 5 heteroatoms. The van der Waals surface area contributed by atoms with E-state index in [-0.39, 0.29) is 10.6 Å². The summed E-state index contributed by atoms with van der Waals surface area (Å²) in [6, 6.07) is 3.49. The van der Waals surface area contributed by atoms with Gasteiger partial charge in [-0.1, -0.05) is 11.6 Å². The second-order valence-electron chi connectivity index (χ2n) is 2.26. The maximum Gasteiger partial charge on any atom is 0.276 e. The van der Waals surface area contributed by atoms with E-state index in [0.29, 0.717) is 0 Å². The highest BCUT2D eigenvalue weighted by Crippen LogP contribution is 2.16. The van der Waals surface area contributed by atoms with E-state index in [1.165, 1.54) is 13.2 Å². The van der Waals surface area contributed by atoms with E-state index < -0.39 is 11.7 Å². The fraction of sp³-hybridized carbons (Fsp3) is 0.125. The Balaban J connectivity index is 2.95. The molecule has 0 saturated heterocycles. The quantitative estimate of drug-likeness (QED) is 0.744. The standard InChI is InChI=1S/C8H7ClFNO2/c1-13-11-8(12)6-3-2-5(10)4-7(6)9/h2-4H,1H3,(H,11,12). The normalized spacial score (nSPS) is 9.77. The van der Waals surface area contributed by atoms with Gasteiger partial charge in [0.1, 0.15) is 5.82 Å². The molecule has 70 valence electrons. The number of halogens is 2. The summed E-state index contributed by atoms with van der Waals surface area (Å²) in [6.45, 7) is 0. The molecule has 0 bridgehead atoms. The third-order valence-corrected chi connectivity index (χ3v) is 1.68. The van der Waals surface area contributed by atoms with Crippen LogP contribution in [-0.2, 0) is 4.84 Å². The molecule has 0 aromatic heterocycles. The van der Waals surface area contributed by atoms with Crippen LogP contribution < -0.4 is 5.48 Å². The Morgan fingerprint density at radius 3 is 2.85 bits per heavy atom. The minimum Gasteiger partial charge on any atom is -0.277 e. The van der Waals surface area contributed by atoms with Crippen LogP contribution in [0.3, 0.4) is 0 Å². The van der Waals surface area contributed by atoms with Crippen molar-refractivity contribution in [3.05, 3.63) is 34.6 Å². The molecule has 0 saturated carbocycles. The zero-order valence-corrected chi connectivity index (χ0v) is 7.56. The van der Waals surface area contributed by atoms with Gasteiger partial charge in [0.05, 0.1) is 17.7 Å². The fourth-order valence-corrected chi connectivity index (χ4v) is 1.07. The highest BCUT2D eigenvalue weighted by molar-refractivity contribution is 6.33. The minimum absolute atomic E-state index is 0.0505. The number of benzene rings is 1. The maximum atomic E-state index is 12.5. The van der Waals surface area contributed by atoms with Crippen LogP contribution >= 0.6 is 11.6 Å². The zero-order valence-electron chi connectivity index (χ0n) is 6.80. The summed E-state index contributed by atoms with van der Waals surface area (Å²) in [6.07, 6.45) is 0. The van der Waals surface area contributed by atoms with Crippen molar-refractivity contribution in [3.8, 4) is 0 Å². The van der Waals surface area contributed by atoms with Crippen molar-refractivity contribution in [2.45, 2.75) is 0 Å². The molecule has 1 aromatic carbocycles. The van der Waals surface area contributed by atoms with E-state index in [2.05, 4.69) is 10.3 Å². The van der Waals surface area contributed by atoms with Crippen LogP contribution in [0.15, 0.2) is 18.2 Å². The van der Waals surface area contributed by atoms with E-state index in [9.17, 15) is 9.18 Å². The smallest absolute Gasteiger partial charge is 0.276 e. The summed E-state index contributed by atoms with van der Waals surface area (Å²) in [5.41, 5.74) is 2.25. The first-order valence-corrected chi connectivity index (χ1v) is 3.81. The maximum absolute atomic E-state index is 12.5. The number of hydrogen-bond donors (Lipinski definition) is 1. The summed E-state index contributed by atoms with van der Waals surface area (Å²) < 4.78 is 12.5. The van der Waals surface area contributed by atoms with Crippen molar-refractivity contribution in [1.82, 2.24) is 5.48 Å². The zero-order chi connectivity index (χ0) is 9.84. The predicted molar refractivity (Wildman–Crippen MR) is 45.9 cm³/mol. The molecule has 0 fully saturated rings. The molecule has 0 unspecified atom stereocenters. The van der Waals surface area contributed by atoms with Gasteiger partial charge >= 0.3 is 0 Å². The number of carbonyl (C=O) groups is 1. The predicted octanol–water partition coefficient (Wildman–Crippen LogP) is 1.77. The van der Waals surface area contributed by atoms with Crippen LogP contribution in [0.1, 0.15) is 10.4 Å². The van der Waals surface area contributed by atoms with Gasteiger partial charge in [-0.3, -0.25) is 9.63 Å². The molecule has 1 N–H and O–H groups in total. The topological polar surface area (TPSA) is 38.3 Å². The van der Waals surface area contributed by atoms with Gasteiger partial charge in [-0.15, -0.1) is 0 Å². The second kappa shape index (κ2) is 4.20. The SMILES string of the molecule is CONC(=O)c1ccc(F)cc1Cl. The van der Waals surface area contributed by atoms with E-state index in [0.717, 1.165) is 12.1 Å². The molecule has 3 nitrogen and oxygen atoms in total. The molecule has 0 aliphatic carbocycles.